The van der Waals surface area contributed by atoms with Gasteiger partial charge in [0.05, 0.1) is 18.2 Å². The molecule has 1 fully saturated rings. The maximum Gasteiger partial charge on any atom is 0.238 e. The monoisotopic (exact) mass is 285 g/mol. The van der Waals surface area contributed by atoms with Crippen LogP contribution < -0.4 is 5.32 Å². The van der Waals surface area contributed by atoms with Crippen molar-refractivity contribution in [2.24, 2.45) is 5.92 Å². The summed E-state index contributed by atoms with van der Waals surface area (Å²) in [6.07, 6.45) is 6.58. The molecule has 1 aliphatic rings. The Bertz CT molecular complexity index is 515. The highest BCUT2D eigenvalue weighted by molar-refractivity contribution is 5.92. The van der Waals surface area contributed by atoms with Crippen molar-refractivity contribution < 1.29 is 4.79 Å². The smallest absolute Gasteiger partial charge is 0.238 e. The molecule has 0 unspecified atom stereocenters. The number of anilines is 1. The number of amides is 1. The second kappa shape index (κ2) is 7.80. The van der Waals surface area contributed by atoms with Crippen molar-refractivity contribution in [1.82, 2.24) is 4.90 Å². The zero-order valence-electron chi connectivity index (χ0n) is 12.6. The quantitative estimate of drug-likeness (QED) is 0.904. The molecule has 0 atom stereocenters. The maximum absolute atomic E-state index is 12.0. The molecule has 1 saturated carbocycles. The van der Waals surface area contributed by atoms with E-state index in [1.807, 2.05) is 7.05 Å². The molecule has 0 bridgehead atoms. The third-order valence-corrected chi connectivity index (χ3v) is 3.98. The van der Waals surface area contributed by atoms with E-state index < -0.39 is 0 Å². The molecule has 21 heavy (non-hydrogen) atoms. The first kappa shape index (κ1) is 15.5. The van der Waals surface area contributed by atoms with Gasteiger partial charge in [0.1, 0.15) is 0 Å². The number of carbonyl (C=O) groups excluding carboxylic acids is 1. The molecular weight excluding hydrogens is 262 g/mol. The molecule has 0 spiro atoms. The van der Waals surface area contributed by atoms with Gasteiger partial charge < -0.3 is 5.32 Å². The zero-order valence-corrected chi connectivity index (χ0v) is 12.6. The van der Waals surface area contributed by atoms with Crippen molar-refractivity contribution in [2.75, 3.05) is 25.5 Å². The molecule has 0 aliphatic heterocycles. The van der Waals surface area contributed by atoms with E-state index in [1.54, 1.807) is 24.3 Å². The van der Waals surface area contributed by atoms with Crippen LogP contribution in [0, 0.1) is 17.2 Å². The van der Waals surface area contributed by atoms with Gasteiger partial charge in [-0.1, -0.05) is 25.3 Å². The fraction of sp³-hybridized carbons (Fsp3) is 0.529. The molecule has 2 rings (SSSR count). The van der Waals surface area contributed by atoms with Gasteiger partial charge >= 0.3 is 0 Å². The third kappa shape index (κ3) is 5.20. The van der Waals surface area contributed by atoms with Crippen molar-refractivity contribution in [3.63, 3.8) is 0 Å². The minimum absolute atomic E-state index is 0.0246. The van der Waals surface area contributed by atoms with E-state index in [1.165, 1.54) is 32.1 Å². The number of nitrogens with one attached hydrogen (secondary N) is 1. The largest absolute Gasteiger partial charge is 0.325 e. The minimum Gasteiger partial charge on any atom is -0.325 e. The SMILES string of the molecule is CN(CC(=O)Nc1cccc(C#N)c1)CC1CCCCC1. The number of hydrogen-bond acceptors (Lipinski definition) is 3. The standard InChI is InChI=1S/C17H23N3O/c1-20(12-14-6-3-2-4-7-14)13-17(21)19-16-9-5-8-15(10-16)11-18/h5,8-10,14H,2-4,6-7,12-13H2,1H3,(H,19,21). The van der Waals surface area contributed by atoms with E-state index in [-0.39, 0.29) is 5.91 Å². The number of nitriles is 1. The Morgan fingerprint density at radius 2 is 2.14 bits per heavy atom. The van der Waals surface area contributed by atoms with Gasteiger partial charge in [0.2, 0.25) is 5.91 Å². The van der Waals surface area contributed by atoms with Gasteiger partial charge in [-0.15, -0.1) is 0 Å². The summed E-state index contributed by atoms with van der Waals surface area (Å²) in [5, 5.41) is 11.7. The van der Waals surface area contributed by atoms with E-state index >= 15 is 0 Å². The minimum atomic E-state index is -0.0246. The van der Waals surface area contributed by atoms with Crippen molar-refractivity contribution in [2.45, 2.75) is 32.1 Å². The van der Waals surface area contributed by atoms with Crippen LogP contribution >= 0.6 is 0 Å². The third-order valence-electron chi connectivity index (χ3n) is 3.98. The van der Waals surface area contributed by atoms with E-state index in [9.17, 15) is 4.79 Å². The summed E-state index contributed by atoms with van der Waals surface area (Å²) in [5.41, 5.74) is 1.24. The van der Waals surface area contributed by atoms with E-state index in [4.69, 9.17) is 5.26 Å². The average Bonchev–Trinajstić information content (AvgIpc) is 2.48. The molecule has 1 aromatic carbocycles. The fourth-order valence-corrected chi connectivity index (χ4v) is 2.99. The lowest BCUT2D eigenvalue weighted by atomic mass is 9.89. The van der Waals surface area contributed by atoms with E-state index in [0.29, 0.717) is 17.8 Å². The van der Waals surface area contributed by atoms with Gasteiger partial charge in [0.15, 0.2) is 0 Å². The van der Waals surface area contributed by atoms with Crippen LogP contribution in [-0.4, -0.2) is 30.9 Å². The van der Waals surface area contributed by atoms with Gasteiger partial charge in [0.25, 0.3) is 0 Å². The summed E-state index contributed by atoms with van der Waals surface area (Å²) in [4.78, 5) is 14.1. The topological polar surface area (TPSA) is 56.1 Å². The lowest BCUT2D eigenvalue weighted by molar-refractivity contribution is -0.117. The number of likely N-dealkylation sites (N-methyl/N-ethyl adjacent to an activating group) is 1. The van der Waals surface area contributed by atoms with Gasteiger partial charge in [-0.25, -0.2) is 0 Å². The molecule has 4 nitrogen and oxygen atoms in total. The summed E-state index contributed by atoms with van der Waals surface area (Å²) in [6, 6.07) is 9.08. The molecule has 1 amide bonds. The fourth-order valence-electron chi connectivity index (χ4n) is 2.99. The van der Waals surface area contributed by atoms with E-state index in [0.717, 1.165) is 12.5 Å². The molecule has 0 aromatic heterocycles. The normalized spacial score (nSPS) is 15.7. The Morgan fingerprint density at radius 1 is 1.38 bits per heavy atom. The Kier molecular flexibility index (Phi) is 5.77. The lowest BCUT2D eigenvalue weighted by Gasteiger charge is -2.26. The Morgan fingerprint density at radius 3 is 2.86 bits per heavy atom. The molecule has 1 aromatic rings. The predicted molar refractivity (Wildman–Crippen MR) is 83.9 cm³/mol. The predicted octanol–water partition coefficient (Wildman–Crippen LogP) is 3.01. The summed E-state index contributed by atoms with van der Waals surface area (Å²) >= 11 is 0. The first-order chi connectivity index (χ1) is 10.2. The Balaban J connectivity index is 1.79. The molecular formula is C17H23N3O. The molecule has 112 valence electrons. The summed E-state index contributed by atoms with van der Waals surface area (Å²) in [5.74, 6) is 0.710. The van der Waals surface area contributed by atoms with Crippen LogP contribution in [0.1, 0.15) is 37.7 Å². The second-order valence-electron chi connectivity index (χ2n) is 5.94. The molecule has 4 heteroatoms. The lowest BCUT2D eigenvalue weighted by Crippen LogP contribution is -2.34. The van der Waals surface area contributed by atoms with Crippen molar-refractivity contribution in [3.8, 4) is 6.07 Å². The molecule has 1 aliphatic carbocycles. The van der Waals surface area contributed by atoms with Crippen molar-refractivity contribution in [3.05, 3.63) is 29.8 Å². The number of carbonyl (C=O) groups is 1. The van der Waals surface area contributed by atoms with E-state index in [2.05, 4.69) is 16.3 Å². The van der Waals surface area contributed by atoms with Crippen LogP contribution in [0.5, 0.6) is 0 Å². The van der Waals surface area contributed by atoms with Crippen LogP contribution in [-0.2, 0) is 4.79 Å². The average molecular weight is 285 g/mol. The maximum atomic E-state index is 12.0. The van der Waals surface area contributed by atoms with Gasteiger partial charge in [-0.05, 0) is 44.0 Å². The first-order valence-corrected chi connectivity index (χ1v) is 7.66. The van der Waals surface area contributed by atoms with Gasteiger partial charge in [-0.3, -0.25) is 9.69 Å². The highest BCUT2D eigenvalue weighted by atomic mass is 16.2. The number of nitrogens with zero attached hydrogens (tertiary/aromatic N) is 2. The van der Waals surface area contributed by atoms with Gasteiger partial charge in [0, 0.05) is 12.2 Å². The molecule has 1 N–H and O–H groups in total. The highest BCUT2D eigenvalue weighted by Crippen LogP contribution is 2.24. The molecule has 0 saturated heterocycles. The number of hydrogen-bond donors (Lipinski definition) is 1. The zero-order chi connectivity index (χ0) is 15.1. The summed E-state index contributed by atoms with van der Waals surface area (Å²) in [7, 11) is 2.00. The van der Waals surface area contributed by atoms with Crippen LogP contribution in [0.3, 0.4) is 0 Å². The summed E-state index contributed by atoms with van der Waals surface area (Å²) in [6.45, 7) is 1.39. The first-order valence-electron chi connectivity index (χ1n) is 7.66. The van der Waals surface area contributed by atoms with Crippen LogP contribution in [0.15, 0.2) is 24.3 Å². The molecule has 0 radical (unpaired) electrons. The summed E-state index contributed by atoms with van der Waals surface area (Å²) < 4.78 is 0. The number of benzene rings is 1. The highest BCUT2D eigenvalue weighted by Gasteiger charge is 2.16. The number of rotatable bonds is 5. The van der Waals surface area contributed by atoms with Crippen molar-refractivity contribution in [1.29, 1.82) is 5.26 Å². The Labute approximate surface area is 126 Å². The van der Waals surface area contributed by atoms with Crippen LogP contribution in [0.2, 0.25) is 0 Å². The van der Waals surface area contributed by atoms with Crippen molar-refractivity contribution >= 4 is 11.6 Å². The van der Waals surface area contributed by atoms with Crippen LogP contribution in [0.4, 0.5) is 5.69 Å². The van der Waals surface area contributed by atoms with Crippen LogP contribution in [0.25, 0.3) is 0 Å². The molecule has 0 heterocycles. The second-order valence-corrected chi connectivity index (χ2v) is 5.94. The van der Waals surface area contributed by atoms with Gasteiger partial charge in [-0.2, -0.15) is 5.26 Å². The Hall–Kier alpha value is -1.86.